The molecule has 1 heterocycles. The fourth-order valence-electron chi connectivity index (χ4n) is 2.72. The summed E-state index contributed by atoms with van der Waals surface area (Å²) in [6.45, 7) is 4.73. The molecule has 2 rings (SSSR count). The van der Waals surface area contributed by atoms with Crippen molar-refractivity contribution in [1.82, 2.24) is 10.2 Å². The third kappa shape index (κ3) is 6.05. The Morgan fingerprint density at radius 1 is 1.36 bits per heavy atom. The number of nitrogens with one attached hydrogen (secondary N) is 1. The van der Waals surface area contributed by atoms with Gasteiger partial charge in [-0.05, 0) is 25.0 Å². The van der Waals surface area contributed by atoms with Crippen LogP contribution in [0.2, 0.25) is 0 Å². The summed E-state index contributed by atoms with van der Waals surface area (Å²) < 4.78 is 5.46. The van der Waals surface area contributed by atoms with Crippen LogP contribution in [0.3, 0.4) is 0 Å². The molecule has 0 atom stereocenters. The van der Waals surface area contributed by atoms with Crippen molar-refractivity contribution in [3.8, 4) is 5.75 Å². The normalized spacial score (nSPS) is 13.6. The minimum atomic E-state index is 0. The van der Waals surface area contributed by atoms with E-state index >= 15 is 0 Å². The van der Waals surface area contributed by atoms with E-state index in [0.717, 1.165) is 43.3 Å². The number of para-hydroxylation sites is 2. The number of carbonyl (C=O) groups excluding carboxylic acids is 1. The first kappa shape index (κ1) is 21.5. The van der Waals surface area contributed by atoms with Gasteiger partial charge in [0.05, 0.1) is 5.69 Å². The Labute approximate surface area is 167 Å². The molecule has 0 fully saturated rings. The number of fused-ring (bicyclic) bond motifs is 1. The molecule has 25 heavy (non-hydrogen) atoms. The number of amides is 1. The number of benzene rings is 1. The molecule has 0 aliphatic carbocycles. The van der Waals surface area contributed by atoms with Crippen LogP contribution in [-0.2, 0) is 4.79 Å². The SMILES string of the molecule is CCCCN(C)C(=NC)NCCCN1C(=O)COc2ccccc21.I. The lowest BCUT2D eigenvalue weighted by molar-refractivity contribution is -0.121. The lowest BCUT2D eigenvalue weighted by Gasteiger charge is -2.29. The minimum absolute atomic E-state index is 0. The molecule has 1 aliphatic rings. The molecule has 0 radical (unpaired) electrons. The van der Waals surface area contributed by atoms with Crippen molar-refractivity contribution in [2.45, 2.75) is 26.2 Å². The maximum Gasteiger partial charge on any atom is 0.265 e. The molecule has 0 saturated carbocycles. The monoisotopic (exact) mass is 460 g/mol. The molecule has 0 bridgehead atoms. The predicted molar refractivity (Wildman–Crippen MR) is 113 cm³/mol. The smallest absolute Gasteiger partial charge is 0.265 e. The largest absolute Gasteiger partial charge is 0.482 e. The highest BCUT2D eigenvalue weighted by Gasteiger charge is 2.24. The Kier molecular flexibility index (Phi) is 9.62. The Morgan fingerprint density at radius 3 is 2.84 bits per heavy atom. The predicted octanol–water partition coefficient (Wildman–Crippen LogP) is 2.73. The molecule has 0 aromatic heterocycles. The lowest BCUT2D eigenvalue weighted by atomic mass is 10.2. The third-order valence-electron chi connectivity index (χ3n) is 4.07. The Balaban J connectivity index is 0.00000312. The molecule has 1 aliphatic heterocycles. The van der Waals surface area contributed by atoms with E-state index in [4.69, 9.17) is 4.74 Å². The fourth-order valence-corrected chi connectivity index (χ4v) is 2.72. The van der Waals surface area contributed by atoms with Crippen molar-refractivity contribution >= 4 is 41.5 Å². The number of unbranched alkanes of at least 4 members (excludes halogenated alkanes) is 1. The maximum absolute atomic E-state index is 12.1. The first-order valence-electron chi connectivity index (χ1n) is 8.61. The second-order valence-electron chi connectivity index (χ2n) is 5.90. The van der Waals surface area contributed by atoms with Crippen LogP contribution in [0.5, 0.6) is 5.75 Å². The van der Waals surface area contributed by atoms with Gasteiger partial charge >= 0.3 is 0 Å². The number of nitrogens with zero attached hydrogens (tertiary/aromatic N) is 3. The van der Waals surface area contributed by atoms with Crippen LogP contribution < -0.4 is 15.0 Å². The van der Waals surface area contributed by atoms with Crippen LogP contribution in [0.1, 0.15) is 26.2 Å². The summed E-state index contributed by atoms with van der Waals surface area (Å²) >= 11 is 0. The summed E-state index contributed by atoms with van der Waals surface area (Å²) in [5.41, 5.74) is 0.859. The molecule has 7 heteroatoms. The number of hydrogen-bond donors (Lipinski definition) is 1. The number of ether oxygens (including phenoxy) is 1. The van der Waals surface area contributed by atoms with Crippen molar-refractivity contribution < 1.29 is 9.53 Å². The van der Waals surface area contributed by atoms with Gasteiger partial charge in [-0.15, -0.1) is 24.0 Å². The summed E-state index contributed by atoms with van der Waals surface area (Å²) in [7, 11) is 3.85. The summed E-state index contributed by atoms with van der Waals surface area (Å²) in [4.78, 5) is 20.4. The zero-order chi connectivity index (χ0) is 17.4. The van der Waals surface area contributed by atoms with Crippen molar-refractivity contribution in [3.05, 3.63) is 24.3 Å². The van der Waals surface area contributed by atoms with Gasteiger partial charge in [0, 0.05) is 33.7 Å². The van der Waals surface area contributed by atoms with E-state index in [2.05, 4.69) is 22.1 Å². The summed E-state index contributed by atoms with van der Waals surface area (Å²) in [5, 5.41) is 3.36. The average molecular weight is 460 g/mol. The first-order valence-corrected chi connectivity index (χ1v) is 8.61. The second kappa shape index (κ2) is 11.2. The van der Waals surface area contributed by atoms with E-state index in [1.807, 2.05) is 36.2 Å². The number of guanidine groups is 1. The first-order chi connectivity index (χ1) is 11.7. The molecular weight excluding hydrogens is 431 g/mol. The fraction of sp³-hybridized carbons (Fsp3) is 0.556. The highest BCUT2D eigenvalue weighted by atomic mass is 127. The third-order valence-corrected chi connectivity index (χ3v) is 4.07. The molecule has 0 saturated heterocycles. The van der Waals surface area contributed by atoms with Crippen LogP contribution in [-0.4, -0.2) is 57.1 Å². The summed E-state index contributed by atoms with van der Waals surface area (Å²) in [6.07, 6.45) is 3.16. The van der Waals surface area contributed by atoms with E-state index < -0.39 is 0 Å². The van der Waals surface area contributed by atoms with Crippen molar-refractivity contribution in [2.75, 3.05) is 45.2 Å². The van der Waals surface area contributed by atoms with Crippen molar-refractivity contribution in [1.29, 1.82) is 0 Å². The van der Waals surface area contributed by atoms with E-state index in [9.17, 15) is 4.79 Å². The Hall–Kier alpha value is -1.51. The summed E-state index contributed by atoms with van der Waals surface area (Å²) in [6, 6.07) is 7.68. The lowest BCUT2D eigenvalue weighted by Crippen LogP contribution is -2.42. The number of carbonyl (C=O) groups is 1. The van der Waals surface area contributed by atoms with Gasteiger partial charge in [-0.3, -0.25) is 9.79 Å². The zero-order valence-corrected chi connectivity index (χ0v) is 17.7. The van der Waals surface area contributed by atoms with Gasteiger partial charge in [0.25, 0.3) is 5.91 Å². The van der Waals surface area contributed by atoms with Gasteiger partial charge in [0.15, 0.2) is 12.6 Å². The highest BCUT2D eigenvalue weighted by Crippen LogP contribution is 2.31. The Morgan fingerprint density at radius 2 is 2.12 bits per heavy atom. The molecule has 0 unspecified atom stereocenters. The van der Waals surface area contributed by atoms with E-state index in [0.29, 0.717) is 6.54 Å². The molecule has 1 N–H and O–H groups in total. The zero-order valence-electron chi connectivity index (χ0n) is 15.3. The minimum Gasteiger partial charge on any atom is -0.482 e. The van der Waals surface area contributed by atoms with Gasteiger partial charge in [0.2, 0.25) is 0 Å². The average Bonchev–Trinajstić information content (AvgIpc) is 2.61. The standard InChI is InChI=1S/C18H28N4O2.HI/c1-4-5-12-21(3)18(19-2)20-11-8-13-22-15-9-6-7-10-16(15)24-14-17(22)23;/h6-7,9-10H,4-5,8,11-14H2,1-3H3,(H,19,20);1H. The number of rotatable bonds is 7. The molecule has 1 amide bonds. The molecule has 0 spiro atoms. The van der Waals surface area contributed by atoms with Gasteiger partial charge < -0.3 is 19.9 Å². The Bertz CT molecular complexity index is 580. The van der Waals surface area contributed by atoms with E-state index in [-0.39, 0.29) is 36.5 Å². The molecule has 1 aromatic carbocycles. The number of halogens is 1. The van der Waals surface area contributed by atoms with Crippen LogP contribution in [0, 0.1) is 0 Å². The summed E-state index contributed by atoms with van der Waals surface area (Å²) in [5.74, 6) is 1.69. The quantitative estimate of drug-likeness (QED) is 0.294. The van der Waals surface area contributed by atoms with Crippen molar-refractivity contribution in [3.63, 3.8) is 0 Å². The van der Waals surface area contributed by atoms with Crippen LogP contribution in [0.15, 0.2) is 29.3 Å². The topological polar surface area (TPSA) is 57.2 Å². The molecular formula is C18H29IN4O2. The second-order valence-corrected chi connectivity index (χ2v) is 5.90. The van der Waals surface area contributed by atoms with Gasteiger partial charge in [-0.25, -0.2) is 0 Å². The van der Waals surface area contributed by atoms with E-state index in [1.165, 1.54) is 6.42 Å². The van der Waals surface area contributed by atoms with Gasteiger partial charge in [-0.1, -0.05) is 25.5 Å². The van der Waals surface area contributed by atoms with Gasteiger partial charge in [-0.2, -0.15) is 0 Å². The number of hydrogen-bond acceptors (Lipinski definition) is 3. The van der Waals surface area contributed by atoms with Gasteiger partial charge in [0.1, 0.15) is 5.75 Å². The highest BCUT2D eigenvalue weighted by molar-refractivity contribution is 14.0. The van der Waals surface area contributed by atoms with E-state index in [1.54, 1.807) is 7.05 Å². The van der Waals surface area contributed by atoms with Crippen LogP contribution in [0.4, 0.5) is 5.69 Å². The molecule has 1 aromatic rings. The molecule has 6 nitrogen and oxygen atoms in total. The molecule has 140 valence electrons. The van der Waals surface area contributed by atoms with Crippen LogP contribution in [0.25, 0.3) is 0 Å². The van der Waals surface area contributed by atoms with Crippen LogP contribution >= 0.6 is 24.0 Å². The number of anilines is 1. The maximum atomic E-state index is 12.1. The van der Waals surface area contributed by atoms with Crippen molar-refractivity contribution in [2.24, 2.45) is 4.99 Å². The number of aliphatic imine (C=N–C) groups is 1.